The first-order chi connectivity index (χ1) is 8.20. The Morgan fingerprint density at radius 3 is 1.41 bits per heavy atom. The van der Waals surface area contributed by atoms with Crippen molar-refractivity contribution in [1.29, 1.82) is 0 Å². The van der Waals surface area contributed by atoms with Crippen LogP contribution in [0.1, 0.15) is 28.2 Å². The summed E-state index contributed by atoms with van der Waals surface area (Å²) >= 11 is 0. The largest absolute Gasteiger partial charge is 0.330 e. The predicted molar refractivity (Wildman–Crippen MR) is 73.3 cm³/mol. The number of rotatable bonds is 3. The lowest BCUT2D eigenvalue weighted by molar-refractivity contribution is 0.818. The van der Waals surface area contributed by atoms with Crippen LogP contribution in [0, 0.1) is 13.8 Å². The molecule has 2 aromatic rings. The van der Waals surface area contributed by atoms with Gasteiger partial charge >= 0.3 is 0 Å². The van der Waals surface area contributed by atoms with Crippen molar-refractivity contribution < 1.29 is 0 Å². The van der Waals surface area contributed by atoms with Crippen molar-refractivity contribution in [3.8, 4) is 0 Å². The van der Waals surface area contributed by atoms with Crippen LogP contribution in [-0.2, 0) is 0 Å². The smallest absolute Gasteiger partial charge is 0.0212 e. The molecule has 0 spiro atoms. The first-order valence-electron chi connectivity index (χ1n) is 6.04. The van der Waals surface area contributed by atoms with Crippen molar-refractivity contribution >= 4 is 0 Å². The Labute approximate surface area is 103 Å². The molecule has 0 bridgehead atoms. The number of hydrogen-bond acceptors (Lipinski definition) is 1. The highest BCUT2D eigenvalue weighted by atomic mass is 14.5. The Morgan fingerprint density at radius 2 is 1.12 bits per heavy atom. The van der Waals surface area contributed by atoms with Gasteiger partial charge in [-0.05, 0) is 25.0 Å². The van der Waals surface area contributed by atoms with Crippen molar-refractivity contribution in [2.75, 3.05) is 6.54 Å². The topological polar surface area (TPSA) is 26.0 Å². The normalized spacial score (nSPS) is 10.8. The van der Waals surface area contributed by atoms with Crippen LogP contribution in [0.5, 0.6) is 0 Å². The fraction of sp³-hybridized carbons (Fsp3) is 0.250. The molecule has 0 aliphatic heterocycles. The molecule has 0 aromatic heterocycles. The summed E-state index contributed by atoms with van der Waals surface area (Å²) in [7, 11) is 0. The van der Waals surface area contributed by atoms with Gasteiger partial charge in [0.1, 0.15) is 0 Å². The van der Waals surface area contributed by atoms with E-state index in [-0.39, 0.29) is 0 Å². The van der Waals surface area contributed by atoms with Crippen molar-refractivity contribution in [2.45, 2.75) is 19.8 Å². The quantitative estimate of drug-likeness (QED) is 0.851. The van der Waals surface area contributed by atoms with Gasteiger partial charge in [-0.1, -0.05) is 59.7 Å². The molecule has 0 unspecified atom stereocenters. The van der Waals surface area contributed by atoms with E-state index >= 15 is 0 Å². The molecule has 0 aliphatic carbocycles. The van der Waals surface area contributed by atoms with Crippen LogP contribution in [0.3, 0.4) is 0 Å². The standard InChI is InChI=1S/C16H19N/c1-12-3-7-14(8-4-12)16(11-17)15-9-5-13(2)6-10-15/h3-10,16H,11,17H2,1-2H3. The molecule has 0 saturated heterocycles. The fourth-order valence-corrected chi connectivity index (χ4v) is 2.06. The first-order valence-corrected chi connectivity index (χ1v) is 6.04. The molecule has 0 atom stereocenters. The van der Waals surface area contributed by atoms with Crippen molar-refractivity contribution in [2.24, 2.45) is 5.73 Å². The van der Waals surface area contributed by atoms with E-state index in [0.717, 1.165) is 0 Å². The first kappa shape index (κ1) is 11.9. The third-order valence-electron chi connectivity index (χ3n) is 3.20. The maximum Gasteiger partial charge on any atom is 0.0212 e. The number of nitrogens with two attached hydrogens (primary N) is 1. The van der Waals surface area contributed by atoms with Crippen LogP contribution < -0.4 is 5.73 Å². The molecule has 0 saturated carbocycles. The van der Waals surface area contributed by atoms with Crippen LogP contribution >= 0.6 is 0 Å². The molecule has 1 nitrogen and oxygen atoms in total. The lowest BCUT2D eigenvalue weighted by Crippen LogP contribution is -2.13. The average Bonchev–Trinajstić information content (AvgIpc) is 2.35. The molecule has 0 heterocycles. The van der Waals surface area contributed by atoms with Gasteiger partial charge in [0.2, 0.25) is 0 Å². The van der Waals surface area contributed by atoms with Gasteiger partial charge < -0.3 is 5.73 Å². The summed E-state index contributed by atoms with van der Waals surface area (Å²) in [4.78, 5) is 0. The highest BCUT2D eigenvalue weighted by Gasteiger charge is 2.11. The van der Waals surface area contributed by atoms with E-state index < -0.39 is 0 Å². The SMILES string of the molecule is Cc1ccc(C(CN)c2ccc(C)cc2)cc1. The Morgan fingerprint density at radius 1 is 0.765 bits per heavy atom. The zero-order valence-electron chi connectivity index (χ0n) is 10.5. The van der Waals surface area contributed by atoms with Gasteiger partial charge in [0.05, 0.1) is 0 Å². The van der Waals surface area contributed by atoms with Gasteiger partial charge in [0.25, 0.3) is 0 Å². The Bertz CT molecular complexity index is 422. The molecule has 0 amide bonds. The van der Waals surface area contributed by atoms with Crippen LogP contribution in [0.25, 0.3) is 0 Å². The molecule has 0 fully saturated rings. The summed E-state index contributed by atoms with van der Waals surface area (Å²) in [5.74, 6) is 0.302. The van der Waals surface area contributed by atoms with E-state index in [1.54, 1.807) is 0 Å². The third kappa shape index (κ3) is 2.75. The molecule has 0 radical (unpaired) electrons. The molecular formula is C16H19N. The minimum Gasteiger partial charge on any atom is -0.330 e. The van der Waals surface area contributed by atoms with Gasteiger partial charge in [0, 0.05) is 12.5 Å². The summed E-state index contributed by atoms with van der Waals surface area (Å²) < 4.78 is 0. The van der Waals surface area contributed by atoms with Gasteiger partial charge in [-0.15, -0.1) is 0 Å². The minimum absolute atomic E-state index is 0.302. The molecule has 0 aliphatic rings. The van der Waals surface area contributed by atoms with Gasteiger partial charge in [-0.3, -0.25) is 0 Å². The van der Waals surface area contributed by atoms with E-state index in [0.29, 0.717) is 12.5 Å². The van der Waals surface area contributed by atoms with Crippen LogP contribution in [0.15, 0.2) is 48.5 Å². The molecule has 2 N–H and O–H groups in total. The van der Waals surface area contributed by atoms with E-state index in [9.17, 15) is 0 Å². The zero-order chi connectivity index (χ0) is 12.3. The highest BCUT2D eigenvalue weighted by molar-refractivity contribution is 5.35. The predicted octanol–water partition coefficient (Wildman–Crippen LogP) is 3.39. The second kappa shape index (κ2) is 5.15. The van der Waals surface area contributed by atoms with E-state index in [2.05, 4.69) is 62.4 Å². The number of hydrogen-bond donors (Lipinski definition) is 1. The molecule has 2 aromatic carbocycles. The summed E-state index contributed by atoms with van der Waals surface area (Å²) in [6.45, 7) is 4.85. The second-order valence-corrected chi connectivity index (χ2v) is 4.61. The summed E-state index contributed by atoms with van der Waals surface area (Å²) in [6.07, 6.45) is 0. The molecule has 88 valence electrons. The van der Waals surface area contributed by atoms with E-state index in [4.69, 9.17) is 5.73 Å². The second-order valence-electron chi connectivity index (χ2n) is 4.61. The third-order valence-corrected chi connectivity index (χ3v) is 3.20. The number of aryl methyl sites for hydroxylation is 2. The van der Waals surface area contributed by atoms with Gasteiger partial charge in [-0.25, -0.2) is 0 Å². The summed E-state index contributed by atoms with van der Waals surface area (Å²) in [5.41, 5.74) is 11.1. The molecule has 1 heteroatoms. The van der Waals surface area contributed by atoms with Gasteiger partial charge in [0.15, 0.2) is 0 Å². The Kier molecular flexibility index (Phi) is 3.60. The van der Waals surface area contributed by atoms with Gasteiger partial charge in [-0.2, -0.15) is 0 Å². The average molecular weight is 225 g/mol. The number of benzene rings is 2. The molecule has 2 rings (SSSR count). The van der Waals surface area contributed by atoms with Crippen molar-refractivity contribution in [3.63, 3.8) is 0 Å². The fourth-order valence-electron chi connectivity index (χ4n) is 2.06. The maximum atomic E-state index is 5.91. The molecule has 17 heavy (non-hydrogen) atoms. The van der Waals surface area contributed by atoms with Crippen LogP contribution in [0.2, 0.25) is 0 Å². The highest BCUT2D eigenvalue weighted by Crippen LogP contribution is 2.24. The summed E-state index contributed by atoms with van der Waals surface area (Å²) in [5, 5.41) is 0. The Hall–Kier alpha value is -1.60. The lowest BCUT2D eigenvalue weighted by Gasteiger charge is -2.16. The summed E-state index contributed by atoms with van der Waals surface area (Å²) in [6, 6.07) is 17.3. The van der Waals surface area contributed by atoms with Crippen molar-refractivity contribution in [1.82, 2.24) is 0 Å². The van der Waals surface area contributed by atoms with Crippen LogP contribution in [0.4, 0.5) is 0 Å². The van der Waals surface area contributed by atoms with Crippen molar-refractivity contribution in [3.05, 3.63) is 70.8 Å². The minimum atomic E-state index is 0.302. The monoisotopic (exact) mass is 225 g/mol. The van der Waals surface area contributed by atoms with E-state index in [1.165, 1.54) is 22.3 Å². The van der Waals surface area contributed by atoms with Crippen LogP contribution in [-0.4, -0.2) is 6.54 Å². The van der Waals surface area contributed by atoms with E-state index in [1.807, 2.05) is 0 Å². The maximum absolute atomic E-state index is 5.91. The molecular weight excluding hydrogens is 206 g/mol. The lowest BCUT2D eigenvalue weighted by atomic mass is 9.90. The zero-order valence-corrected chi connectivity index (χ0v) is 10.5. The Balaban J connectivity index is 2.33.